The van der Waals surface area contributed by atoms with Gasteiger partial charge in [-0.15, -0.1) is 11.3 Å². The average Bonchev–Trinajstić information content (AvgIpc) is 3.62. The Morgan fingerprint density at radius 2 is 1.98 bits per heavy atom. The highest BCUT2D eigenvalue weighted by Gasteiger charge is 2.40. The van der Waals surface area contributed by atoms with Gasteiger partial charge in [0.15, 0.2) is 5.82 Å². The second kappa shape index (κ2) is 12.5. The number of nitrogens with zero attached hydrogens (tertiary/aromatic N) is 6. The van der Waals surface area contributed by atoms with Crippen LogP contribution in [0.25, 0.3) is 32.1 Å². The van der Waals surface area contributed by atoms with Gasteiger partial charge in [-0.05, 0) is 64.1 Å². The topological polar surface area (TPSA) is 112 Å². The quantitative estimate of drug-likeness (QED) is 0.185. The number of nitrogen functional groups attached to an aromatic ring is 1. The maximum atomic E-state index is 17.0. The third kappa shape index (κ3) is 5.66. The van der Waals surface area contributed by atoms with E-state index in [0.717, 1.165) is 37.6 Å². The monoisotopic (exact) mass is 685 g/mol. The summed E-state index contributed by atoms with van der Waals surface area (Å²) in [5.41, 5.74) is 2.64. The molecule has 6 rings (SSSR count). The van der Waals surface area contributed by atoms with Crippen LogP contribution in [0.2, 0.25) is 0 Å². The number of hydrogen-bond acceptors (Lipinski definition) is 9. The number of carbonyl (C=O) groups excluding carboxylic acids is 1. The largest absolute Gasteiger partial charge is 0.462 e. The molecular formula is C33H32F5N7O2S. The van der Waals surface area contributed by atoms with Crippen molar-refractivity contribution in [3.05, 3.63) is 53.6 Å². The van der Waals surface area contributed by atoms with Crippen LogP contribution in [0.5, 0.6) is 6.01 Å². The van der Waals surface area contributed by atoms with Crippen LogP contribution in [-0.2, 0) is 11.0 Å². The normalized spacial score (nSPS) is 20.4. The molecule has 0 aliphatic carbocycles. The molecule has 0 bridgehead atoms. The fraction of sp³-hybridized carbons (Fsp3) is 0.394. The Hall–Kier alpha value is -4.55. The highest BCUT2D eigenvalue weighted by Crippen LogP contribution is 2.48. The van der Waals surface area contributed by atoms with Crippen molar-refractivity contribution in [1.29, 1.82) is 5.26 Å². The second-order valence-electron chi connectivity index (χ2n) is 12.2. The van der Waals surface area contributed by atoms with Crippen LogP contribution in [0.15, 0.2) is 30.9 Å². The van der Waals surface area contributed by atoms with Crippen molar-refractivity contribution in [3.8, 4) is 23.2 Å². The van der Waals surface area contributed by atoms with E-state index in [-0.39, 0.29) is 81.1 Å². The zero-order valence-corrected chi connectivity index (χ0v) is 27.2. The number of anilines is 2. The van der Waals surface area contributed by atoms with E-state index in [4.69, 9.17) is 10.5 Å². The number of ether oxygens (including phenoxy) is 1. The van der Waals surface area contributed by atoms with Crippen LogP contribution >= 0.6 is 11.3 Å². The number of likely N-dealkylation sites (tertiary alicyclic amines) is 1. The first kappa shape index (κ1) is 33.4. The van der Waals surface area contributed by atoms with Gasteiger partial charge in [0.05, 0.1) is 15.8 Å². The minimum absolute atomic E-state index is 0.0116. The first-order chi connectivity index (χ1) is 22.7. The summed E-state index contributed by atoms with van der Waals surface area (Å²) in [6.45, 7) is 8.53. The van der Waals surface area contributed by atoms with Gasteiger partial charge in [-0.1, -0.05) is 12.6 Å². The van der Waals surface area contributed by atoms with Gasteiger partial charge in [0.1, 0.15) is 34.8 Å². The summed E-state index contributed by atoms with van der Waals surface area (Å²) in [5, 5.41) is 9.25. The van der Waals surface area contributed by atoms with E-state index < -0.39 is 40.5 Å². The Morgan fingerprint density at radius 3 is 2.62 bits per heavy atom. The molecule has 0 saturated carbocycles. The Balaban J connectivity index is 1.61. The molecule has 2 aliphatic rings. The fourth-order valence-corrected chi connectivity index (χ4v) is 7.63. The Bertz CT molecular complexity index is 1990. The van der Waals surface area contributed by atoms with Gasteiger partial charge >= 0.3 is 12.2 Å². The van der Waals surface area contributed by atoms with Crippen LogP contribution in [0, 0.1) is 23.0 Å². The van der Waals surface area contributed by atoms with Crippen LogP contribution < -0.4 is 15.4 Å². The first-order valence-corrected chi connectivity index (χ1v) is 16.1. The summed E-state index contributed by atoms with van der Waals surface area (Å²) in [5.74, 6) is -2.43. The van der Waals surface area contributed by atoms with Crippen molar-refractivity contribution < 1.29 is 31.5 Å². The lowest BCUT2D eigenvalue weighted by Crippen LogP contribution is -2.58. The molecule has 0 radical (unpaired) electrons. The van der Waals surface area contributed by atoms with E-state index in [2.05, 4.69) is 21.4 Å². The minimum Gasteiger partial charge on any atom is -0.462 e. The van der Waals surface area contributed by atoms with Crippen molar-refractivity contribution in [1.82, 2.24) is 19.8 Å². The molecule has 2 fully saturated rings. The van der Waals surface area contributed by atoms with Crippen molar-refractivity contribution in [3.63, 3.8) is 0 Å². The molecule has 0 spiro atoms. The zero-order chi connectivity index (χ0) is 34.7. The third-order valence-corrected chi connectivity index (χ3v) is 10.2. The minimum atomic E-state index is -5.09. The number of likely N-dealkylation sites (N-methyl/N-ethyl adjacent to an activating group) is 1. The number of rotatable bonds is 6. The first-order valence-electron chi connectivity index (χ1n) is 15.3. The van der Waals surface area contributed by atoms with E-state index in [9.17, 15) is 27.6 Å². The second-order valence-corrected chi connectivity index (χ2v) is 13.3. The SMILES string of the molecule is C=CC(=O)N1CC(C)N(c2nc(OCC3CCCN3C)nc3c(F)c(-c4ccc(F)c5sc(N)c(C#N)c45)c(C(F)(F)F)cc23)CC1C. The molecule has 2 aliphatic heterocycles. The highest BCUT2D eigenvalue weighted by molar-refractivity contribution is 7.23. The predicted octanol–water partition coefficient (Wildman–Crippen LogP) is 6.35. The van der Waals surface area contributed by atoms with Crippen LogP contribution in [0.1, 0.15) is 37.8 Å². The summed E-state index contributed by atoms with van der Waals surface area (Å²) < 4.78 is 82.5. The van der Waals surface area contributed by atoms with Crippen molar-refractivity contribution in [2.75, 3.05) is 43.9 Å². The van der Waals surface area contributed by atoms with Crippen molar-refractivity contribution in [2.45, 2.75) is 51.0 Å². The number of benzene rings is 2. The lowest BCUT2D eigenvalue weighted by Gasteiger charge is -2.44. The number of fused-ring (bicyclic) bond motifs is 2. The molecule has 4 heterocycles. The smallest absolute Gasteiger partial charge is 0.417 e. The molecule has 4 aromatic rings. The molecule has 2 aromatic heterocycles. The number of amides is 1. The van der Waals surface area contributed by atoms with Gasteiger partial charge in [0.2, 0.25) is 5.91 Å². The number of alkyl halides is 3. The number of aromatic nitrogens is 2. The van der Waals surface area contributed by atoms with Gasteiger partial charge in [-0.3, -0.25) is 4.79 Å². The lowest BCUT2D eigenvalue weighted by atomic mass is 9.92. The number of piperazine rings is 1. The molecule has 1 amide bonds. The molecule has 48 heavy (non-hydrogen) atoms. The van der Waals surface area contributed by atoms with E-state index in [1.165, 1.54) is 6.08 Å². The Kier molecular flexibility index (Phi) is 8.67. The van der Waals surface area contributed by atoms with Gasteiger partial charge in [-0.2, -0.15) is 28.4 Å². The Morgan fingerprint density at radius 1 is 1.23 bits per heavy atom. The highest BCUT2D eigenvalue weighted by atomic mass is 32.1. The van der Waals surface area contributed by atoms with E-state index in [1.54, 1.807) is 23.6 Å². The van der Waals surface area contributed by atoms with E-state index >= 15 is 4.39 Å². The maximum Gasteiger partial charge on any atom is 0.417 e. The van der Waals surface area contributed by atoms with Gasteiger partial charge in [0.25, 0.3) is 0 Å². The van der Waals surface area contributed by atoms with E-state index in [1.807, 2.05) is 13.1 Å². The molecule has 3 unspecified atom stereocenters. The third-order valence-electron chi connectivity index (χ3n) is 9.19. The molecule has 15 heteroatoms. The summed E-state index contributed by atoms with van der Waals surface area (Å²) in [6, 6.07) is 3.52. The zero-order valence-electron chi connectivity index (χ0n) is 26.4. The molecule has 2 N–H and O–H groups in total. The standard InChI is InChI=1S/C33H32F5N7O2S/c1-5-24(46)44-13-17(3)45(14-16(44)2)31-20-11-22(33(36,37)38)26(19-8-9-23(34)29-25(19)21(12-39)30(40)48-29)27(35)28(20)41-32(42-31)47-15-18-7-6-10-43(18)4/h5,8-9,11,16-18H,1,6-7,10,13-15,40H2,2-4H3. The number of nitriles is 1. The number of halogens is 5. The number of nitrogens with two attached hydrogens (primary N) is 1. The molecule has 3 atom stereocenters. The van der Waals surface area contributed by atoms with Crippen LogP contribution in [-0.4, -0.2) is 77.1 Å². The summed E-state index contributed by atoms with van der Waals surface area (Å²) in [4.78, 5) is 26.8. The number of hydrogen-bond donors (Lipinski definition) is 1. The van der Waals surface area contributed by atoms with Crippen molar-refractivity contribution in [2.24, 2.45) is 0 Å². The maximum absolute atomic E-state index is 17.0. The summed E-state index contributed by atoms with van der Waals surface area (Å²) in [6.07, 6.45) is -2.08. The summed E-state index contributed by atoms with van der Waals surface area (Å²) in [7, 11) is 1.95. The predicted molar refractivity (Wildman–Crippen MR) is 174 cm³/mol. The number of carbonyl (C=O) groups is 1. The van der Waals surface area contributed by atoms with Gasteiger partial charge in [-0.25, -0.2) is 8.78 Å². The number of thiophene rings is 1. The lowest BCUT2D eigenvalue weighted by molar-refractivity contribution is -0.137. The molecular weight excluding hydrogens is 653 g/mol. The average molecular weight is 686 g/mol. The molecule has 9 nitrogen and oxygen atoms in total. The molecule has 2 aromatic carbocycles. The Labute approximate surface area is 277 Å². The van der Waals surface area contributed by atoms with Crippen molar-refractivity contribution >= 4 is 49.1 Å². The van der Waals surface area contributed by atoms with Gasteiger partial charge < -0.3 is 25.2 Å². The molecule has 252 valence electrons. The van der Waals surface area contributed by atoms with E-state index in [0.29, 0.717) is 11.3 Å². The fourth-order valence-electron chi connectivity index (χ4n) is 6.68. The van der Waals surface area contributed by atoms with Crippen LogP contribution in [0.4, 0.5) is 32.8 Å². The molecule has 2 saturated heterocycles. The summed E-state index contributed by atoms with van der Waals surface area (Å²) >= 11 is 0.694. The van der Waals surface area contributed by atoms with Crippen LogP contribution in [0.3, 0.4) is 0 Å². The van der Waals surface area contributed by atoms with Gasteiger partial charge in [0, 0.05) is 47.6 Å².